The molecule has 0 aromatic heterocycles. The van der Waals surface area contributed by atoms with Crippen LogP contribution in [-0.4, -0.2) is 10.4 Å². The van der Waals surface area contributed by atoms with Crippen molar-refractivity contribution in [2.24, 2.45) is 0 Å². The van der Waals surface area contributed by atoms with Crippen molar-refractivity contribution < 1.29 is 5.11 Å². The molecule has 2 nitrogen and oxygen atoms in total. The van der Waals surface area contributed by atoms with Crippen LogP contribution in [0.3, 0.4) is 0 Å². The van der Waals surface area contributed by atoms with Crippen LogP contribution in [0.15, 0.2) is 18.2 Å². The van der Waals surface area contributed by atoms with Crippen molar-refractivity contribution in [1.82, 2.24) is 0 Å². The first-order chi connectivity index (χ1) is 6.31. The summed E-state index contributed by atoms with van der Waals surface area (Å²) in [6.45, 7) is 0. The van der Waals surface area contributed by atoms with Crippen LogP contribution in [0.5, 0.6) is 5.75 Å². The molecule has 1 atom stereocenters. The first-order valence-electron chi connectivity index (χ1n) is 4.15. The van der Waals surface area contributed by atoms with Crippen molar-refractivity contribution in [2.45, 2.75) is 18.1 Å². The van der Waals surface area contributed by atoms with Crippen LogP contribution >= 0.6 is 11.8 Å². The number of hydrogen-bond donors (Lipinski definition) is 1. The molecule has 1 aliphatic carbocycles. The van der Waals surface area contributed by atoms with Crippen molar-refractivity contribution in [3.63, 3.8) is 0 Å². The van der Waals surface area contributed by atoms with Gasteiger partial charge >= 0.3 is 0 Å². The van der Waals surface area contributed by atoms with E-state index in [1.54, 1.807) is 6.07 Å². The second-order valence-electron chi connectivity index (χ2n) is 3.15. The molecule has 0 heterocycles. The molecule has 13 heavy (non-hydrogen) atoms. The van der Waals surface area contributed by atoms with E-state index in [9.17, 15) is 5.11 Å². The Kier molecular flexibility index (Phi) is 2.15. The fourth-order valence-corrected chi connectivity index (χ4v) is 2.41. The van der Waals surface area contributed by atoms with E-state index in [1.165, 1.54) is 17.3 Å². The molecule has 66 valence electrons. The number of thiocyanates is 1. The lowest BCUT2D eigenvalue weighted by Gasteiger charge is -2.00. The third-order valence-corrected chi connectivity index (χ3v) is 3.12. The Balaban J connectivity index is 2.26. The van der Waals surface area contributed by atoms with Gasteiger partial charge in [0.1, 0.15) is 11.2 Å². The van der Waals surface area contributed by atoms with Crippen LogP contribution in [0.25, 0.3) is 0 Å². The molecular weight excluding hydrogens is 182 g/mol. The van der Waals surface area contributed by atoms with Gasteiger partial charge in [-0.05, 0) is 41.8 Å². The zero-order chi connectivity index (χ0) is 9.26. The molecule has 0 bridgehead atoms. The maximum atomic E-state index is 9.53. The number of benzene rings is 1. The molecule has 3 heteroatoms. The van der Waals surface area contributed by atoms with Gasteiger partial charge in [0, 0.05) is 5.25 Å². The predicted molar refractivity (Wildman–Crippen MR) is 52.5 cm³/mol. The SMILES string of the molecule is N#CSC1Cc2cccc(O)c2C1. The van der Waals surface area contributed by atoms with Gasteiger partial charge in [0.25, 0.3) is 0 Å². The van der Waals surface area contributed by atoms with Crippen LogP contribution < -0.4 is 0 Å². The van der Waals surface area contributed by atoms with Gasteiger partial charge < -0.3 is 5.11 Å². The summed E-state index contributed by atoms with van der Waals surface area (Å²) in [5.41, 5.74) is 2.21. The van der Waals surface area contributed by atoms with Crippen molar-refractivity contribution >= 4 is 11.8 Å². The minimum atomic E-state index is 0.327. The number of phenolic OH excluding ortho intramolecular Hbond substituents is 1. The molecule has 0 aliphatic heterocycles. The molecule has 1 aromatic carbocycles. The normalized spacial score (nSPS) is 19.5. The maximum absolute atomic E-state index is 9.53. The van der Waals surface area contributed by atoms with Gasteiger partial charge in [-0.2, -0.15) is 5.26 Å². The summed E-state index contributed by atoms with van der Waals surface area (Å²) in [5.74, 6) is 0.374. The maximum Gasteiger partial charge on any atom is 0.133 e. The van der Waals surface area contributed by atoms with Crippen LogP contribution in [0.1, 0.15) is 11.1 Å². The second kappa shape index (κ2) is 3.31. The Morgan fingerprint density at radius 1 is 1.46 bits per heavy atom. The summed E-state index contributed by atoms with van der Waals surface area (Å²) in [7, 11) is 0. The number of nitrogens with zero attached hydrogens (tertiary/aromatic N) is 1. The van der Waals surface area contributed by atoms with Crippen LogP contribution in [-0.2, 0) is 12.8 Å². The topological polar surface area (TPSA) is 44.0 Å². The first-order valence-corrected chi connectivity index (χ1v) is 5.03. The van der Waals surface area contributed by atoms with E-state index in [4.69, 9.17) is 5.26 Å². The molecule has 1 unspecified atom stereocenters. The standard InChI is InChI=1S/C10H9NOS/c11-6-13-8-4-7-2-1-3-10(12)9(7)5-8/h1-3,8,12H,4-5H2. The zero-order valence-corrected chi connectivity index (χ0v) is 7.84. The van der Waals surface area contributed by atoms with Gasteiger partial charge in [-0.1, -0.05) is 12.1 Å². The molecule has 0 saturated heterocycles. The number of fused-ring (bicyclic) bond motifs is 1. The average Bonchev–Trinajstić information content (AvgIpc) is 2.49. The van der Waals surface area contributed by atoms with E-state index in [-0.39, 0.29) is 0 Å². The minimum absolute atomic E-state index is 0.327. The lowest BCUT2D eigenvalue weighted by Crippen LogP contribution is -1.98. The number of rotatable bonds is 1. The van der Waals surface area contributed by atoms with E-state index >= 15 is 0 Å². The molecule has 0 fully saturated rings. The summed E-state index contributed by atoms with van der Waals surface area (Å²) in [6.07, 6.45) is 1.72. The number of thioether (sulfide) groups is 1. The van der Waals surface area contributed by atoms with Crippen molar-refractivity contribution in [2.75, 3.05) is 0 Å². The first kappa shape index (κ1) is 8.46. The monoisotopic (exact) mass is 191 g/mol. The quantitative estimate of drug-likeness (QED) is 0.691. The Hall–Kier alpha value is -1.14. The van der Waals surface area contributed by atoms with E-state index in [1.807, 2.05) is 12.1 Å². The summed E-state index contributed by atoms with van der Waals surface area (Å²) < 4.78 is 0. The van der Waals surface area contributed by atoms with Gasteiger partial charge in [0.2, 0.25) is 0 Å². The van der Waals surface area contributed by atoms with E-state index in [2.05, 4.69) is 5.40 Å². The predicted octanol–water partition coefficient (Wildman–Crippen LogP) is 2.07. The minimum Gasteiger partial charge on any atom is -0.508 e. The van der Waals surface area contributed by atoms with E-state index in [0.717, 1.165) is 18.4 Å². The molecule has 1 aliphatic rings. The third-order valence-electron chi connectivity index (χ3n) is 2.35. The Morgan fingerprint density at radius 2 is 2.31 bits per heavy atom. The zero-order valence-electron chi connectivity index (χ0n) is 7.03. The fourth-order valence-electron chi connectivity index (χ4n) is 1.75. The molecule has 0 radical (unpaired) electrons. The van der Waals surface area contributed by atoms with Crippen LogP contribution in [0, 0.1) is 10.7 Å². The number of hydrogen-bond acceptors (Lipinski definition) is 3. The Labute approximate surface area is 81.2 Å². The number of nitriles is 1. The second-order valence-corrected chi connectivity index (χ2v) is 4.24. The highest BCUT2D eigenvalue weighted by Gasteiger charge is 2.23. The highest BCUT2D eigenvalue weighted by molar-refractivity contribution is 8.04. The van der Waals surface area contributed by atoms with Gasteiger partial charge in [0.05, 0.1) is 0 Å². The molecule has 1 aromatic rings. The molecule has 0 saturated carbocycles. The fraction of sp³-hybridized carbons (Fsp3) is 0.300. The summed E-state index contributed by atoms with van der Waals surface area (Å²) in [6, 6.07) is 5.58. The Bertz CT molecular complexity index is 370. The van der Waals surface area contributed by atoms with Gasteiger partial charge in [-0.15, -0.1) is 0 Å². The van der Waals surface area contributed by atoms with Crippen molar-refractivity contribution in [3.05, 3.63) is 29.3 Å². The molecule has 2 rings (SSSR count). The molecule has 0 spiro atoms. The highest BCUT2D eigenvalue weighted by atomic mass is 32.2. The summed E-state index contributed by atoms with van der Waals surface area (Å²) >= 11 is 1.30. The third kappa shape index (κ3) is 1.50. The number of phenols is 1. The molecular formula is C10H9NOS. The van der Waals surface area contributed by atoms with E-state index < -0.39 is 0 Å². The molecule has 1 N–H and O–H groups in total. The largest absolute Gasteiger partial charge is 0.508 e. The van der Waals surface area contributed by atoms with Gasteiger partial charge in [-0.3, -0.25) is 0 Å². The van der Waals surface area contributed by atoms with Crippen LogP contribution in [0.4, 0.5) is 0 Å². The highest BCUT2D eigenvalue weighted by Crippen LogP contribution is 2.34. The summed E-state index contributed by atoms with van der Waals surface area (Å²) in [5, 5.41) is 20.5. The molecule has 0 amide bonds. The smallest absolute Gasteiger partial charge is 0.133 e. The van der Waals surface area contributed by atoms with E-state index in [0.29, 0.717) is 11.0 Å². The van der Waals surface area contributed by atoms with Crippen molar-refractivity contribution in [1.29, 1.82) is 5.26 Å². The summed E-state index contributed by atoms with van der Waals surface area (Å²) in [4.78, 5) is 0. The van der Waals surface area contributed by atoms with Gasteiger partial charge in [-0.25, -0.2) is 0 Å². The Morgan fingerprint density at radius 3 is 3.00 bits per heavy atom. The van der Waals surface area contributed by atoms with Crippen molar-refractivity contribution in [3.8, 4) is 11.2 Å². The van der Waals surface area contributed by atoms with Crippen LogP contribution in [0.2, 0.25) is 0 Å². The number of aromatic hydroxyl groups is 1. The average molecular weight is 191 g/mol. The lowest BCUT2D eigenvalue weighted by atomic mass is 10.1. The lowest BCUT2D eigenvalue weighted by molar-refractivity contribution is 0.469. The van der Waals surface area contributed by atoms with Gasteiger partial charge in [0.15, 0.2) is 0 Å².